The minimum absolute atomic E-state index is 0.200. The molecule has 7 nitrogen and oxygen atoms in total. The molecule has 5 atom stereocenters. The molecule has 0 aliphatic carbocycles. The molecule has 1 amide bonds. The summed E-state index contributed by atoms with van der Waals surface area (Å²) in [5.74, 6) is -2.24. The summed E-state index contributed by atoms with van der Waals surface area (Å²) in [6.45, 7) is 2.73. The molecule has 0 saturated carbocycles. The molecule has 20 heavy (non-hydrogen) atoms. The Balaban J connectivity index is 2.90. The van der Waals surface area contributed by atoms with E-state index in [1.165, 1.54) is 6.92 Å². The van der Waals surface area contributed by atoms with Gasteiger partial charge in [0.05, 0.1) is 6.61 Å². The zero-order chi connectivity index (χ0) is 15.3. The Hall–Kier alpha value is -0.730. The lowest BCUT2D eigenvalue weighted by atomic mass is 9.87. The van der Waals surface area contributed by atoms with Gasteiger partial charge >= 0.3 is 0 Å². The Morgan fingerprint density at radius 1 is 1.30 bits per heavy atom. The van der Waals surface area contributed by atoms with E-state index in [0.717, 1.165) is 12.8 Å². The van der Waals surface area contributed by atoms with E-state index in [9.17, 15) is 20.1 Å². The molecule has 1 aliphatic rings. The summed E-state index contributed by atoms with van der Waals surface area (Å²) >= 11 is 0. The van der Waals surface area contributed by atoms with Crippen LogP contribution in [0.25, 0.3) is 0 Å². The molecule has 0 spiro atoms. The van der Waals surface area contributed by atoms with Crippen LogP contribution in [0.15, 0.2) is 0 Å². The van der Waals surface area contributed by atoms with Gasteiger partial charge in [0.1, 0.15) is 24.4 Å². The molecule has 1 fully saturated rings. The third kappa shape index (κ3) is 3.89. The second-order valence-corrected chi connectivity index (χ2v) is 5.30. The normalized spacial score (nSPS) is 37.7. The minimum atomic E-state index is -1.80. The van der Waals surface area contributed by atoms with Crippen molar-refractivity contribution in [1.82, 2.24) is 5.32 Å². The van der Waals surface area contributed by atoms with E-state index < -0.39 is 42.7 Å². The quantitative estimate of drug-likeness (QED) is 0.395. The predicted octanol–water partition coefficient (Wildman–Crippen LogP) is -1.13. The fourth-order valence-electron chi connectivity index (χ4n) is 2.49. The average molecular weight is 291 g/mol. The summed E-state index contributed by atoms with van der Waals surface area (Å²) < 4.78 is 5.35. The van der Waals surface area contributed by atoms with Crippen LogP contribution in [0.4, 0.5) is 0 Å². The number of nitrogens with one attached hydrogen (secondary N) is 1. The molecule has 0 aromatic rings. The Bertz CT molecular complexity index is 326. The molecule has 5 N–H and O–H groups in total. The van der Waals surface area contributed by atoms with Gasteiger partial charge in [-0.1, -0.05) is 19.8 Å². The van der Waals surface area contributed by atoms with Crippen LogP contribution in [0.1, 0.15) is 39.5 Å². The summed E-state index contributed by atoms with van der Waals surface area (Å²) in [6, 6.07) is -1.13. The van der Waals surface area contributed by atoms with Crippen LogP contribution in [-0.4, -0.2) is 63.1 Å². The number of aliphatic hydroxyl groups is 4. The molecule has 7 heteroatoms. The zero-order valence-corrected chi connectivity index (χ0v) is 12.0. The third-order valence-electron chi connectivity index (χ3n) is 3.59. The zero-order valence-electron chi connectivity index (χ0n) is 12.0. The van der Waals surface area contributed by atoms with E-state index in [2.05, 4.69) is 5.32 Å². The van der Waals surface area contributed by atoms with Crippen molar-refractivity contribution in [2.75, 3.05) is 6.61 Å². The molecule has 0 bridgehead atoms. The first-order chi connectivity index (χ1) is 9.35. The largest absolute Gasteiger partial charge is 0.394 e. The summed E-state index contributed by atoms with van der Waals surface area (Å²) in [5, 5.41) is 42.0. The van der Waals surface area contributed by atoms with Crippen molar-refractivity contribution in [2.24, 2.45) is 0 Å². The monoisotopic (exact) mass is 291 g/mol. The first-order valence-electron chi connectivity index (χ1n) is 7.00. The van der Waals surface area contributed by atoms with Crippen molar-refractivity contribution >= 4 is 5.91 Å². The number of carbonyl (C=O) groups is 1. The van der Waals surface area contributed by atoms with Crippen LogP contribution in [0.2, 0.25) is 0 Å². The van der Waals surface area contributed by atoms with Gasteiger partial charge in [-0.2, -0.15) is 0 Å². The maximum atomic E-state index is 11.2. The summed E-state index contributed by atoms with van der Waals surface area (Å²) in [5.41, 5.74) is 0. The van der Waals surface area contributed by atoms with Crippen molar-refractivity contribution < 1.29 is 30.0 Å². The standard InChI is InChI=1S/C13H25NO6/c1-3-4-5-6-13(19)12(14-8(2)16)11(18)10(17)9(7-15)20-13/h9-12,15,17-19H,3-7H2,1-2H3,(H,14,16)/t9-,10-,11+,12-,13?/m1/s1. The van der Waals surface area contributed by atoms with Crippen LogP contribution in [-0.2, 0) is 9.53 Å². The smallest absolute Gasteiger partial charge is 0.217 e. The lowest BCUT2D eigenvalue weighted by molar-refractivity contribution is -0.321. The van der Waals surface area contributed by atoms with Gasteiger partial charge in [-0.3, -0.25) is 4.79 Å². The summed E-state index contributed by atoms with van der Waals surface area (Å²) in [4.78, 5) is 11.2. The highest BCUT2D eigenvalue weighted by Crippen LogP contribution is 2.32. The Morgan fingerprint density at radius 3 is 2.45 bits per heavy atom. The fourth-order valence-corrected chi connectivity index (χ4v) is 2.49. The van der Waals surface area contributed by atoms with E-state index >= 15 is 0 Å². The van der Waals surface area contributed by atoms with Gasteiger partial charge in [-0.15, -0.1) is 0 Å². The highest BCUT2D eigenvalue weighted by molar-refractivity contribution is 5.73. The minimum Gasteiger partial charge on any atom is -0.394 e. The van der Waals surface area contributed by atoms with Gasteiger partial charge in [0.2, 0.25) is 5.91 Å². The van der Waals surface area contributed by atoms with Gasteiger partial charge in [0.25, 0.3) is 0 Å². The molecule has 1 unspecified atom stereocenters. The second-order valence-electron chi connectivity index (χ2n) is 5.30. The third-order valence-corrected chi connectivity index (χ3v) is 3.59. The molecule has 1 saturated heterocycles. The predicted molar refractivity (Wildman–Crippen MR) is 70.7 cm³/mol. The van der Waals surface area contributed by atoms with E-state index in [-0.39, 0.29) is 6.42 Å². The van der Waals surface area contributed by atoms with Gasteiger partial charge in [-0.25, -0.2) is 0 Å². The van der Waals surface area contributed by atoms with E-state index in [1.807, 2.05) is 6.92 Å². The molecule has 0 radical (unpaired) electrons. The number of unbranched alkanes of at least 4 members (excludes halogenated alkanes) is 2. The number of aliphatic hydroxyl groups excluding tert-OH is 3. The Morgan fingerprint density at radius 2 is 1.95 bits per heavy atom. The molecular formula is C13H25NO6. The maximum Gasteiger partial charge on any atom is 0.217 e. The van der Waals surface area contributed by atoms with Crippen molar-refractivity contribution in [3.05, 3.63) is 0 Å². The summed E-state index contributed by atoms with van der Waals surface area (Å²) in [7, 11) is 0. The number of ether oxygens (including phenoxy) is 1. The molecule has 1 aliphatic heterocycles. The lowest BCUT2D eigenvalue weighted by Gasteiger charge is -2.47. The highest BCUT2D eigenvalue weighted by Gasteiger charge is 2.52. The number of hydrogen-bond donors (Lipinski definition) is 5. The van der Waals surface area contributed by atoms with Crippen molar-refractivity contribution in [2.45, 2.75) is 69.7 Å². The van der Waals surface area contributed by atoms with Gasteiger partial charge in [0, 0.05) is 13.3 Å². The van der Waals surface area contributed by atoms with Crippen LogP contribution in [0.3, 0.4) is 0 Å². The second kappa shape index (κ2) is 7.33. The molecule has 1 rings (SSSR count). The van der Waals surface area contributed by atoms with Crippen molar-refractivity contribution in [3.8, 4) is 0 Å². The molecular weight excluding hydrogens is 266 g/mol. The van der Waals surface area contributed by atoms with Crippen LogP contribution in [0.5, 0.6) is 0 Å². The number of carbonyl (C=O) groups excluding carboxylic acids is 1. The van der Waals surface area contributed by atoms with E-state index in [4.69, 9.17) is 9.84 Å². The number of rotatable bonds is 6. The topological polar surface area (TPSA) is 119 Å². The molecule has 0 aromatic heterocycles. The highest BCUT2D eigenvalue weighted by atomic mass is 16.6. The lowest BCUT2D eigenvalue weighted by Crippen LogP contribution is -2.70. The summed E-state index contributed by atoms with van der Waals surface area (Å²) in [6.07, 6.45) is -1.21. The van der Waals surface area contributed by atoms with Crippen LogP contribution in [0, 0.1) is 0 Å². The van der Waals surface area contributed by atoms with E-state index in [0.29, 0.717) is 6.42 Å². The van der Waals surface area contributed by atoms with Gasteiger partial charge < -0.3 is 30.5 Å². The Labute approximate surface area is 118 Å². The number of amides is 1. The molecule has 0 aromatic carbocycles. The van der Waals surface area contributed by atoms with Crippen LogP contribution >= 0.6 is 0 Å². The van der Waals surface area contributed by atoms with Crippen LogP contribution < -0.4 is 5.32 Å². The molecule has 1 heterocycles. The Kier molecular flexibility index (Phi) is 6.35. The van der Waals surface area contributed by atoms with E-state index in [1.54, 1.807) is 0 Å². The molecule has 118 valence electrons. The van der Waals surface area contributed by atoms with Gasteiger partial charge in [-0.05, 0) is 6.42 Å². The number of hydrogen-bond acceptors (Lipinski definition) is 6. The maximum absolute atomic E-state index is 11.2. The van der Waals surface area contributed by atoms with Crippen molar-refractivity contribution in [3.63, 3.8) is 0 Å². The SMILES string of the molecule is CCCCCC1(O)O[C@H](CO)[C@@H](O)[C@H](O)[C@H]1NC(C)=O. The fraction of sp³-hybridized carbons (Fsp3) is 0.923. The average Bonchev–Trinajstić information content (AvgIpc) is 2.39. The first kappa shape index (κ1) is 17.3. The van der Waals surface area contributed by atoms with Gasteiger partial charge in [0.15, 0.2) is 5.79 Å². The first-order valence-corrected chi connectivity index (χ1v) is 7.00. The van der Waals surface area contributed by atoms with Crippen molar-refractivity contribution in [1.29, 1.82) is 0 Å².